The summed E-state index contributed by atoms with van der Waals surface area (Å²) >= 11 is 3.37. The van der Waals surface area contributed by atoms with Crippen molar-refractivity contribution in [1.82, 2.24) is 0 Å². The van der Waals surface area contributed by atoms with Gasteiger partial charge in [0.25, 0.3) is 0 Å². The van der Waals surface area contributed by atoms with Crippen LogP contribution in [0.5, 0.6) is 0 Å². The van der Waals surface area contributed by atoms with Crippen LogP contribution < -0.4 is 0 Å². The molecule has 0 aliphatic heterocycles. The highest BCUT2D eigenvalue weighted by atomic mass is 79.9. The van der Waals surface area contributed by atoms with Crippen LogP contribution in [0.15, 0.2) is 22.7 Å². The lowest BCUT2D eigenvalue weighted by atomic mass is 9.96. The summed E-state index contributed by atoms with van der Waals surface area (Å²) < 4.78 is 0.904. The molecule has 1 aromatic carbocycles. The lowest BCUT2D eigenvalue weighted by Gasteiger charge is -2.06. The minimum atomic E-state index is -0.528. The largest absolute Gasteiger partial charge is 0.293 e. The number of carbonyl (C=O) groups excluding carboxylic acids is 1. The number of carbonyl (C=O) groups is 1. The van der Waals surface area contributed by atoms with E-state index in [4.69, 9.17) is 5.26 Å². The van der Waals surface area contributed by atoms with E-state index in [1.807, 2.05) is 26.0 Å². The number of benzene rings is 1. The van der Waals surface area contributed by atoms with E-state index < -0.39 is 5.92 Å². The molecule has 1 rings (SSSR count). The topological polar surface area (TPSA) is 40.9 Å². The Morgan fingerprint density at radius 2 is 2.27 bits per heavy atom. The minimum Gasteiger partial charge on any atom is -0.293 e. The molecule has 0 fully saturated rings. The average Bonchev–Trinajstić information content (AvgIpc) is 2.23. The zero-order valence-corrected chi connectivity index (χ0v) is 10.3. The molecule has 78 valence electrons. The van der Waals surface area contributed by atoms with Gasteiger partial charge < -0.3 is 0 Å². The maximum absolute atomic E-state index is 11.8. The average molecular weight is 266 g/mol. The second-order valence-electron chi connectivity index (χ2n) is 3.42. The predicted molar refractivity (Wildman–Crippen MR) is 62.6 cm³/mol. The van der Waals surface area contributed by atoms with E-state index in [0.717, 1.165) is 10.0 Å². The van der Waals surface area contributed by atoms with Crippen molar-refractivity contribution in [2.45, 2.75) is 20.3 Å². The van der Waals surface area contributed by atoms with Crippen LogP contribution in [-0.2, 0) is 0 Å². The molecule has 0 saturated carbocycles. The number of nitriles is 1. The summed E-state index contributed by atoms with van der Waals surface area (Å²) in [5.41, 5.74) is 1.68. The number of ketones is 1. The van der Waals surface area contributed by atoms with Gasteiger partial charge >= 0.3 is 0 Å². The summed E-state index contributed by atoms with van der Waals surface area (Å²) in [5.74, 6) is -0.625. The van der Waals surface area contributed by atoms with Crippen LogP contribution in [0.25, 0.3) is 0 Å². The molecule has 0 saturated heterocycles. The zero-order chi connectivity index (χ0) is 11.4. The monoisotopic (exact) mass is 265 g/mol. The first kappa shape index (κ1) is 11.9. The summed E-state index contributed by atoms with van der Waals surface area (Å²) in [6.07, 6.45) is 0.556. The highest BCUT2D eigenvalue weighted by Gasteiger charge is 2.17. The van der Waals surface area contributed by atoms with E-state index in [9.17, 15) is 4.79 Å². The fraction of sp³-hybridized carbons (Fsp3) is 0.333. The van der Waals surface area contributed by atoms with Crippen molar-refractivity contribution in [2.24, 2.45) is 5.92 Å². The van der Waals surface area contributed by atoms with Crippen LogP contribution in [0.3, 0.4) is 0 Å². The van der Waals surface area contributed by atoms with Crippen LogP contribution in [0.1, 0.15) is 29.3 Å². The molecule has 0 aliphatic rings. The molecule has 3 heteroatoms. The summed E-state index contributed by atoms with van der Waals surface area (Å²) in [6.45, 7) is 3.80. The molecule has 1 unspecified atom stereocenters. The van der Waals surface area contributed by atoms with Crippen molar-refractivity contribution in [3.8, 4) is 6.07 Å². The molecule has 2 nitrogen and oxygen atoms in total. The number of hydrogen-bond acceptors (Lipinski definition) is 2. The number of halogens is 1. The molecular formula is C12H12BrNO. The van der Waals surface area contributed by atoms with Gasteiger partial charge in [-0.05, 0) is 25.0 Å². The van der Waals surface area contributed by atoms with Crippen LogP contribution in [0, 0.1) is 24.2 Å². The van der Waals surface area contributed by atoms with E-state index in [1.165, 1.54) is 0 Å². The molecule has 0 aliphatic carbocycles. The molecule has 0 heterocycles. The van der Waals surface area contributed by atoms with E-state index in [1.54, 1.807) is 12.1 Å². The molecule has 15 heavy (non-hydrogen) atoms. The Morgan fingerprint density at radius 3 is 2.73 bits per heavy atom. The Morgan fingerprint density at radius 1 is 1.60 bits per heavy atom. The predicted octanol–water partition coefficient (Wildman–Crippen LogP) is 3.49. The second-order valence-corrected chi connectivity index (χ2v) is 4.27. The molecule has 0 spiro atoms. The summed E-state index contributed by atoms with van der Waals surface area (Å²) in [6, 6.07) is 7.44. The quantitative estimate of drug-likeness (QED) is 0.786. The first-order valence-electron chi connectivity index (χ1n) is 4.80. The molecule has 0 N–H and O–H groups in total. The van der Waals surface area contributed by atoms with Gasteiger partial charge in [-0.25, -0.2) is 0 Å². The van der Waals surface area contributed by atoms with Crippen molar-refractivity contribution in [3.63, 3.8) is 0 Å². The number of hydrogen-bond donors (Lipinski definition) is 0. The highest BCUT2D eigenvalue weighted by Crippen LogP contribution is 2.20. The third-order valence-corrected chi connectivity index (χ3v) is 3.19. The van der Waals surface area contributed by atoms with Crippen molar-refractivity contribution in [2.75, 3.05) is 0 Å². The Labute approximate surface area is 98.0 Å². The third kappa shape index (κ3) is 2.66. The third-order valence-electron chi connectivity index (χ3n) is 2.34. The lowest BCUT2D eigenvalue weighted by Crippen LogP contribution is -2.11. The number of aryl methyl sites for hydroxylation is 1. The number of nitrogens with zero attached hydrogens (tertiary/aromatic N) is 1. The molecule has 0 aromatic heterocycles. The van der Waals surface area contributed by atoms with Gasteiger partial charge in [-0.15, -0.1) is 0 Å². The van der Waals surface area contributed by atoms with Crippen molar-refractivity contribution >= 4 is 21.7 Å². The van der Waals surface area contributed by atoms with E-state index in [-0.39, 0.29) is 5.78 Å². The zero-order valence-electron chi connectivity index (χ0n) is 8.75. The maximum Gasteiger partial charge on any atom is 0.180 e. The maximum atomic E-state index is 11.8. The van der Waals surface area contributed by atoms with Gasteiger partial charge in [0.15, 0.2) is 5.78 Å². The molecule has 0 radical (unpaired) electrons. The second kappa shape index (κ2) is 5.09. The van der Waals surface area contributed by atoms with Gasteiger partial charge in [-0.3, -0.25) is 4.79 Å². The van der Waals surface area contributed by atoms with Gasteiger partial charge in [-0.2, -0.15) is 5.26 Å². The Hall–Kier alpha value is -1.14. The van der Waals surface area contributed by atoms with Crippen molar-refractivity contribution < 1.29 is 4.79 Å². The van der Waals surface area contributed by atoms with Crippen LogP contribution >= 0.6 is 15.9 Å². The first-order valence-corrected chi connectivity index (χ1v) is 5.59. The molecular weight excluding hydrogens is 254 g/mol. The Bertz CT molecular complexity index is 420. The molecule has 0 amide bonds. The first-order chi connectivity index (χ1) is 7.10. The summed E-state index contributed by atoms with van der Waals surface area (Å²) in [5, 5.41) is 8.80. The van der Waals surface area contributed by atoms with Gasteiger partial charge in [0.1, 0.15) is 5.92 Å². The summed E-state index contributed by atoms with van der Waals surface area (Å²) in [4.78, 5) is 11.8. The van der Waals surface area contributed by atoms with Crippen LogP contribution in [0.4, 0.5) is 0 Å². The van der Waals surface area contributed by atoms with E-state index >= 15 is 0 Å². The van der Waals surface area contributed by atoms with E-state index in [2.05, 4.69) is 15.9 Å². The fourth-order valence-corrected chi connectivity index (χ4v) is 1.66. The standard InChI is InChI=1S/C12H12BrNO/c1-3-9(7-14)12(15)10-5-4-8(2)11(13)6-10/h4-6,9H,3H2,1-2H3. The van der Waals surface area contributed by atoms with Gasteiger partial charge in [-0.1, -0.05) is 35.0 Å². The number of rotatable bonds is 3. The fourth-order valence-electron chi connectivity index (χ4n) is 1.28. The summed E-state index contributed by atoms with van der Waals surface area (Å²) in [7, 11) is 0. The van der Waals surface area contributed by atoms with Crippen LogP contribution in [0.2, 0.25) is 0 Å². The Balaban J connectivity index is 3.02. The van der Waals surface area contributed by atoms with Gasteiger partial charge in [0.05, 0.1) is 6.07 Å². The van der Waals surface area contributed by atoms with Gasteiger partial charge in [0.2, 0.25) is 0 Å². The smallest absolute Gasteiger partial charge is 0.180 e. The molecule has 0 bridgehead atoms. The molecule has 1 atom stereocenters. The highest BCUT2D eigenvalue weighted by molar-refractivity contribution is 9.10. The number of Topliss-reactive ketones (excluding diaryl/α,β-unsaturated/α-hetero) is 1. The van der Waals surface area contributed by atoms with Crippen molar-refractivity contribution in [1.29, 1.82) is 5.26 Å². The van der Waals surface area contributed by atoms with E-state index in [0.29, 0.717) is 12.0 Å². The van der Waals surface area contributed by atoms with Gasteiger partial charge in [0, 0.05) is 10.0 Å². The SMILES string of the molecule is CCC(C#N)C(=O)c1ccc(C)c(Br)c1. The van der Waals surface area contributed by atoms with Crippen molar-refractivity contribution in [3.05, 3.63) is 33.8 Å². The lowest BCUT2D eigenvalue weighted by molar-refractivity contribution is 0.0946. The van der Waals surface area contributed by atoms with Crippen LogP contribution in [-0.4, -0.2) is 5.78 Å². The molecule has 1 aromatic rings. The Kier molecular flexibility index (Phi) is 4.05. The normalized spacial score (nSPS) is 11.9. The minimum absolute atomic E-state index is 0.0966.